The maximum absolute atomic E-state index is 12.4. The average molecular weight is 315 g/mol. The fourth-order valence-corrected chi connectivity index (χ4v) is 2.03. The zero-order chi connectivity index (χ0) is 15.9. The smallest absolute Gasteiger partial charge is 0.330 e. The van der Waals surface area contributed by atoms with Crippen molar-refractivity contribution in [1.82, 2.24) is 0 Å². The minimum atomic E-state index is -0.406. The summed E-state index contributed by atoms with van der Waals surface area (Å²) in [4.78, 5) is 23.7. The zero-order valence-electron chi connectivity index (χ0n) is 12.1. The van der Waals surface area contributed by atoms with Crippen LogP contribution < -0.4 is 0 Å². The van der Waals surface area contributed by atoms with E-state index < -0.39 is 5.97 Å². The second kappa shape index (κ2) is 7.57. The summed E-state index contributed by atoms with van der Waals surface area (Å²) in [5.41, 5.74) is 1.87. The molecule has 0 saturated carbocycles. The first-order valence-corrected chi connectivity index (χ1v) is 7.23. The molecule has 2 rings (SSSR count). The maximum atomic E-state index is 12.4. The van der Waals surface area contributed by atoms with Crippen molar-refractivity contribution in [1.29, 1.82) is 0 Å². The fourth-order valence-electron chi connectivity index (χ4n) is 1.91. The highest BCUT2D eigenvalue weighted by Crippen LogP contribution is 2.15. The third-order valence-corrected chi connectivity index (χ3v) is 3.21. The molecule has 0 saturated heterocycles. The topological polar surface area (TPSA) is 43.4 Å². The summed E-state index contributed by atoms with van der Waals surface area (Å²) in [6, 6.07) is 13.8. The Labute approximate surface area is 134 Å². The number of hydrogen-bond acceptors (Lipinski definition) is 3. The van der Waals surface area contributed by atoms with Crippen LogP contribution in [0.2, 0.25) is 5.02 Å². The molecule has 0 aliphatic rings. The van der Waals surface area contributed by atoms with Gasteiger partial charge in [0.2, 0.25) is 0 Å². The van der Waals surface area contributed by atoms with Crippen molar-refractivity contribution in [3.8, 4) is 0 Å². The van der Waals surface area contributed by atoms with Crippen molar-refractivity contribution < 1.29 is 14.3 Å². The van der Waals surface area contributed by atoms with Crippen LogP contribution in [-0.2, 0) is 9.53 Å². The summed E-state index contributed by atoms with van der Waals surface area (Å²) in [5, 5.41) is 0.586. The van der Waals surface area contributed by atoms with Gasteiger partial charge in [0, 0.05) is 22.2 Å². The van der Waals surface area contributed by atoms with Crippen molar-refractivity contribution in [3.63, 3.8) is 0 Å². The SMILES string of the molecule is CCOC(=O)C=Cc1cccc(C(=O)c2ccc(Cl)cc2)c1. The molecular formula is C18H15ClO3. The Hall–Kier alpha value is -2.39. The highest BCUT2D eigenvalue weighted by Gasteiger charge is 2.09. The number of carbonyl (C=O) groups is 2. The van der Waals surface area contributed by atoms with E-state index in [4.69, 9.17) is 16.3 Å². The van der Waals surface area contributed by atoms with Crippen molar-refractivity contribution in [2.75, 3.05) is 6.61 Å². The van der Waals surface area contributed by atoms with Gasteiger partial charge in [-0.15, -0.1) is 0 Å². The summed E-state index contributed by atoms with van der Waals surface area (Å²) < 4.78 is 4.82. The van der Waals surface area contributed by atoms with E-state index in [1.54, 1.807) is 55.5 Å². The minimum Gasteiger partial charge on any atom is -0.463 e. The third kappa shape index (κ3) is 4.30. The quantitative estimate of drug-likeness (QED) is 0.473. The number of ether oxygens (including phenoxy) is 1. The van der Waals surface area contributed by atoms with Gasteiger partial charge in [0.25, 0.3) is 0 Å². The van der Waals surface area contributed by atoms with Crippen LogP contribution in [0.4, 0.5) is 0 Å². The van der Waals surface area contributed by atoms with Crippen molar-refractivity contribution in [3.05, 3.63) is 76.3 Å². The Bertz CT molecular complexity index is 703. The van der Waals surface area contributed by atoms with E-state index in [0.717, 1.165) is 5.56 Å². The van der Waals surface area contributed by atoms with Gasteiger partial charge in [-0.25, -0.2) is 4.79 Å². The molecule has 0 N–H and O–H groups in total. The second-order valence-corrected chi connectivity index (χ2v) is 4.98. The molecule has 4 heteroatoms. The van der Waals surface area contributed by atoms with E-state index in [1.807, 2.05) is 6.07 Å². The molecule has 112 valence electrons. The van der Waals surface area contributed by atoms with Crippen LogP contribution in [0, 0.1) is 0 Å². The van der Waals surface area contributed by atoms with Gasteiger partial charge < -0.3 is 4.74 Å². The molecule has 0 amide bonds. The average Bonchev–Trinajstić information content (AvgIpc) is 2.53. The van der Waals surface area contributed by atoms with Gasteiger partial charge in [0.05, 0.1) is 6.61 Å². The molecule has 0 heterocycles. The second-order valence-electron chi connectivity index (χ2n) is 4.55. The van der Waals surface area contributed by atoms with Crippen LogP contribution >= 0.6 is 11.6 Å². The van der Waals surface area contributed by atoms with Crippen molar-refractivity contribution in [2.45, 2.75) is 6.92 Å². The van der Waals surface area contributed by atoms with E-state index in [-0.39, 0.29) is 5.78 Å². The van der Waals surface area contributed by atoms with E-state index in [1.165, 1.54) is 6.08 Å². The van der Waals surface area contributed by atoms with Crippen molar-refractivity contribution >= 4 is 29.4 Å². The lowest BCUT2D eigenvalue weighted by Gasteiger charge is -2.03. The van der Waals surface area contributed by atoms with Gasteiger partial charge >= 0.3 is 5.97 Å². The molecule has 0 unspecified atom stereocenters. The molecule has 0 atom stereocenters. The molecule has 0 aliphatic carbocycles. The molecule has 2 aromatic rings. The number of halogens is 1. The lowest BCUT2D eigenvalue weighted by atomic mass is 10.0. The Morgan fingerprint density at radius 1 is 1.09 bits per heavy atom. The first-order valence-electron chi connectivity index (χ1n) is 6.85. The normalized spacial score (nSPS) is 10.6. The fraction of sp³-hybridized carbons (Fsp3) is 0.111. The van der Waals surface area contributed by atoms with Gasteiger partial charge in [0.15, 0.2) is 5.78 Å². The Morgan fingerprint density at radius 2 is 1.82 bits per heavy atom. The standard InChI is InChI=1S/C18H15ClO3/c1-2-22-17(20)11-6-13-4-3-5-15(12-13)18(21)14-7-9-16(19)10-8-14/h3-12H,2H2,1H3. The lowest BCUT2D eigenvalue weighted by Crippen LogP contribution is -2.01. The number of rotatable bonds is 5. The molecule has 0 spiro atoms. The highest BCUT2D eigenvalue weighted by molar-refractivity contribution is 6.30. The monoisotopic (exact) mass is 314 g/mol. The molecule has 0 aliphatic heterocycles. The summed E-state index contributed by atoms with van der Waals surface area (Å²) in [6.45, 7) is 2.08. The minimum absolute atomic E-state index is 0.0944. The molecule has 22 heavy (non-hydrogen) atoms. The summed E-state index contributed by atoms with van der Waals surface area (Å²) in [5.74, 6) is -0.500. The Balaban J connectivity index is 2.19. The van der Waals surface area contributed by atoms with E-state index in [9.17, 15) is 9.59 Å². The number of benzene rings is 2. The van der Waals surface area contributed by atoms with E-state index in [0.29, 0.717) is 22.8 Å². The zero-order valence-corrected chi connectivity index (χ0v) is 12.8. The molecule has 3 nitrogen and oxygen atoms in total. The third-order valence-electron chi connectivity index (χ3n) is 2.95. The Morgan fingerprint density at radius 3 is 2.50 bits per heavy atom. The van der Waals surface area contributed by atoms with Crippen LogP contribution in [0.5, 0.6) is 0 Å². The molecule has 0 fully saturated rings. The van der Waals surface area contributed by atoms with Gasteiger partial charge in [-0.3, -0.25) is 4.79 Å². The van der Waals surface area contributed by atoms with Crippen LogP contribution in [-0.4, -0.2) is 18.4 Å². The first kappa shape index (κ1) is 16.0. The summed E-state index contributed by atoms with van der Waals surface area (Å²) in [6.07, 6.45) is 2.96. The summed E-state index contributed by atoms with van der Waals surface area (Å²) >= 11 is 5.82. The van der Waals surface area contributed by atoms with E-state index >= 15 is 0 Å². The highest BCUT2D eigenvalue weighted by atomic mass is 35.5. The first-order chi connectivity index (χ1) is 10.6. The van der Waals surface area contributed by atoms with Gasteiger partial charge in [-0.2, -0.15) is 0 Å². The number of esters is 1. The summed E-state index contributed by atoms with van der Waals surface area (Å²) in [7, 11) is 0. The number of carbonyl (C=O) groups excluding carboxylic acids is 2. The van der Waals surface area contributed by atoms with Crippen LogP contribution in [0.15, 0.2) is 54.6 Å². The Kier molecular flexibility index (Phi) is 5.50. The predicted octanol–water partition coefficient (Wildman–Crippen LogP) is 4.15. The van der Waals surface area contributed by atoms with Gasteiger partial charge in [0.1, 0.15) is 0 Å². The van der Waals surface area contributed by atoms with Crippen LogP contribution in [0.25, 0.3) is 6.08 Å². The van der Waals surface area contributed by atoms with Gasteiger partial charge in [-0.1, -0.05) is 29.8 Å². The lowest BCUT2D eigenvalue weighted by molar-refractivity contribution is -0.137. The molecule has 0 bridgehead atoms. The maximum Gasteiger partial charge on any atom is 0.330 e. The van der Waals surface area contributed by atoms with Crippen LogP contribution in [0.3, 0.4) is 0 Å². The number of hydrogen-bond donors (Lipinski definition) is 0. The molecule has 0 aromatic heterocycles. The predicted molar refractivity (Wildman–Crippen MR) is 87.0 cm³/mol. The molecular weight excluding hydrogens is 300 g/mol. The van der Waals surface area contributed by atoms with E-state index in [2.05, 4.69) is 0 Å². The number of ketones is 1. The van der Waals surface area contributed by atoms with Crippen molar-refractivity contribution in [2.24, 2.45) is 0 Å². The van der Waals surface area contributed by atoms with Gasteiger partial charge in [-0.05, 0) is 48.9 Å². The van der Waals surface area contributed by atoms with Crippen LogP contribution in [0.1, 0.15) is 28.4 Å². The molecule has 2 aromatic carbocycles. The largest absolute Gasteiger partial charge is 0.463 e. The molecule has 0 radical (unpaired) electrons.